The zero-order valence-electron chi connectivity index (χ0n) is 34.9. The van der Waals surface area contributed by atoms with Crippen molar-refractivity contribution < 1.29 is 4.42 Å². The number of rotatable bonds is 9. The zero-order valence-corrected chi connectivity index (χ0v) is 34.9. The third kappa shape index (κ3) is 7.25. The minimum absolute atomic E-state index is 0.0194. The molecule has 2 heterocycles. The summed E-state index contributed by atoms with van der Waals surface area (Å²) in [5.74, 6) is 1.06. The van der Waals surface area contributed by atoms with Crippen LogP contribution in [0.25, 0.3) is 34.3 Å². The summed E-state index contributed by atoms with van der Waals surface area (Å²) in [5, 5.41) is 4.90. The summed E-state index contributed by atoms with van der Waals surface area (Å²) in [6, 6.07) is 20.2. The molecule has 3 aromatic carbocycles. The maximum Gasteiger partial charge on any atom is 0.144 e. The molecule has 1 aliphatic heterocycles. The predicted octanol–water partition coefficient (Wildman–Crippen LogP) is 15.2. The number of hydrogen-bond acceptors (Lipinski definition) is 3. The van der Waals surface area contributed by atoms with Crippen molar-refractivity contribution in [2.24, 2.45) is 0 Å². The van der Waals surface area contributed by atoms with E-state index in [1.807, 2.05) is 0 Å². The maximum absolute atomic E-state index is 6.55. The Morgan fingerprint density at radius 2 is 1.75 bits per heavy atom. The number of allylic oxidation sites excluding steroid dienone is 19. The molecule has 0 saturated heterocycles. The van der Waals surface area contributed by atoms with Crippen molar-refractivity contribution in [2.75, 3.05) is 16.8 Å². The van der Waals surface area contributed by atoms with Gasteiger partial charge in [-0.15, -0.1) is 0 Å². The Morgan fingerprint density at radius 3 is 2.56 bits per heavy atom. The second-order valence-corrected chi connectivity index (χ2v) is 16.6. The van der Waals surface area contributed by atoms with Crippen molar-refractivity contribution in [1.29, 1.82) is 0 Å². The van der Waals surface area contributed by atoms with Gasteiger partial charge in [0.15, 0.2) is 0 Å². The molecule has 1 N–H and O–H groups in total. The molecular formula is C56H54N2O. The Kier molecular flexibility index (Phi) is 10.5. The molecule has 5 aliphatic rings. The number of aryl methyl sites for hydroxylation is 1. The minimum atomic E-state index is 0.0194. The van der Waals surface area contributed by atoms with E-state index in [0.717, 1.165) is 89.0 Å². The number of nitrogens with one attached hydrogen (secondary N) is 1. The Balaban J connectivity index is 0.943. The van der Waals surface area contributed by atoms with Gasteiger partial charge in [0.2, 0.25) is 0 Å². The average Bonchev–Trinajstić information content (AvgIpc) is 3.74. The van der Waals surface area contributed by atoms with Crippen LogP contribution in [0.4, 0.5) is 17.1 Å². The first-order valence-corrected chi connectivity index (χ1v) is 21.4. The highest BCUT2D eigenvalue weighted by Gasteiger charge is 2.38. The van der Waals surface area contributed by atoms with Gasteiger partial charge < -0.3 is 14.6 Å². The quantitative estimate of drug-likeness (QED) is 0.172. The molecule has 9 rings (SSSR count). The van der Waals surface area contributed by atoms with Gasteiger partial charge in [0.25, 0.3) is 0 Å². The lowest BCUT2D eigenvalue weighted by atomic mass is 9.77. The van der Waals surface area contributed by atoms with Gasteiger partial charge in [0.05, 0.1) is 5.69 Å². The van der Waals surface area contributed by atoms with Crippen LogP contribution in [-0.2, 0) is 11.8 Å². The molecule has 3 heteroatoms. The second-order valence-electron chi connectivity index (χ2n) is 16.6. The number of nitrogens with zero attached hydrogens (tertiary/aromatic N) is 1. The summed E-state index contributed by atoms with van der Waals surface area (Å²) in [4.78, 5) is 2.24. The summed E-state index contributed by atoms with van der Waals surface area (Å²) < 4.78 is 6.55. The Morgan fingerprint density at radius 1 is 0.881 bits per heavy atom. The smallest absolute Gasteiger partial charge is 0.144 e. The second kappa shape index (κ2) is 16.1. The van der Waals surface area contributed by atoms with Gasteiger partial charge >= 0.3 is 0 Å². The summed E-state index contributed by atoms with van der Waals surface area (Å²) in [7, 11) is 0. The van der Waals surface area contributed by atoms with Gasteiger partial charge in [-0.2, -0.15) is 0 Å². The maximum atomic E-state index is 6.55. The number of fused-ring (bicyclic) bond motifs is 7. The van der Waals surface area contributed by atoms with E-state index in [0.29, 0.717) is 6.54 Å². The molecule has 0 unspecified atom stereocenters. The molecule has 294 valence electrons. The van der Waals surface area contributed by atoms with Crippen molar-refractivity contribution in [3.05, 3.63) is 208 Å². The topological polar surface area (TPSA) is 28.4 Å². The van der Waals surface area contributed by atoms with E-state index in [4.69, 9.17) is 4.42 Å². The fraction of sp³-hybridized carbons (Fsp3) is 0.214. The van der Waals surface area contributed by atoms with Gasteiger partial charge in [-0.1, -0.05) is 129 Å². The van der Waals surface area contributed by atoms with Crippen molar-refractivity contribution in [3.63, 3.8) is 0 Å². The monoisotopic (exact) mass is 770 g/mol. The largest absolute Gasteiger partial charge is 0.460 e. The van der Waals surface area contributed by atoms with Crippen LogP contribution in [0.2, 0.25) is 0 Å². The van der Waals surface area contributed by atoms with Crippen LogP contribution in [0.5, 0.6) is 0 Å². The fourth-order valence-electron chi connectivity index (χ4n) is 9.51. The van der Waals surface area contributed by atoms with Gasteiger partial charge in [-0.3, -0.25) is 0 Å². The van der Waals surface area contributed by atoms with E-state index in [1.54, 1.807) is 5.57 Å². The summed E-state index contributed by atoms with van der Waals surface area (Å²) in [6.07, 6.45) is 42.0. The molecule has 4 aliphatic carbocycles. The van der Waals surface area contributed by atoms with E-state index in [2.05, 4.69) is 196 Å². The zero-order chi connectivity index (χ0) is 40.5. The molecule has 0 atom stereocenters. The third-order valence-corrected chi connectivity index (χ3v) is 12.6. The SMILES string of the molecule is C=C1/C=C\C=C/N(c2ccc(\C=C/C(=C\CNc3ccc4c(c3)C(C)(C)C3=C4C=C(C4=CCCC=C4)CC3)C(/C=C\C)=C/C)cc2)c2ccc3c4c(oc3c21)CCC=C4. The van der Waals surface area contributed by atoms with Crippen LogP contribution in [-0.4, -0.2) is 6.54 Å². The molecular weight excluding hydrogens is 717 g/mol. The highest BCUT2D eigenvalue weighted by molar-refractivity contribution is 6.03. The van der Waals surface area contributed by atoms with Crippen molar-refractivity contribution >= 4 is 51.3 Å². The van der Waals surface area contributed by atoms with Crippen LogP contribution in [0.1, 0.15) is 93.4 Å². The van der Waals surface area contributed by atoms with E-state index in [1.165, 1.54) is 44.6 Å². The highest BCUT2D eigenvalue weighted by atomic mass is 16.3. The van der Waals surface area contributed by atoms with Crippen molar-refractivity contribution in [2.45, 2.75) is 71.6 Å². The fourth-order valence-corrected chi connectivity index (χ4v) is 9.51. The molecule has 0 amide bonds. The minimum Gasteiger partial charge on any atom is -0.460 e. The van der Waals surface area contributed by atoms with Gasteiger partial charge in [0, 0.05) is 52.5 Å². The van der Waals surface area contributed by atoms with Crippen LogP contribution >= 0.6 is 0 Å². The Labute approximate surface area is 350 Å². The highest BCUT2D eigenvalue weighted by Crippen LogP contribution is 2.52. The Bertz CT molecular complexity index is 2700. The first-order chi connectivity index (χ1) is 28.8. The molecule has 59 heavy (non-hydrogen) atoms. The molecule has 0 spiro atoms. The summed E-state index contributed by atoms with van der Waals surface area (Å²) in [5.41, 5.74) is 19.7. The van der Waals surface area contributed by atoms with E-state index in [-0.39, 0.29) is 5.41 Å². The summed E-state index contributed by atoms with van der Waals surface area (Å²) in [6.45, 7) is 14.2. The number of furan rings is 1. The number of benzene rings is 3. The van der Waals surface area contributed by atoms with Crippen LogP contribution < -0.4 is 10.2 Å². The normalized spacial score (nSPS) is 19.7. The van der Waals surface area contributed by atoms with Gasteiger partial charge in [0.1, 0.15) is 11.3 Å². The third-order valence-electron chi connectivity index (χ3n) is 12.6. The first kappa shape index (κ1) is 38.2. The molecule has 0 radical (unpaired) electrons. The summed E-state index contributed by atoms with van der Waals surface area (Å²) >= 11 is 0. The van der Waals surface area contributed by atoms with E-state index in [9.17, 15) is 0 Å². The predicted molar refractivity (Wildman–Crippen MR) is 254 cm³/mol. The molecule has 0 bridgehead atoms. The Hall–Kier alpha value is -6.32. The van der Waals surface area contributed by atoms with Crippen molar-refractivity contribution in [3.8, 4) is 0 Å². The van der Waals surface area contributed by atoms with Crippen LogP contribution in [0.15, 0.2) is 179 Å². The standard InChI is InChI=1S/C56H54N2O/c1-6-15-40(7-2)42(33-34-57-44-26-29-46-49-36-43(41-17-9-8-10-18-41)25-31-50(49)56(4,5)51(46)37-44)24-21-39-22-27-45(28-23-39)58-35-14-13-16-38(3)54-52(58)32-30-48-47-19-11-12-20-53(47)59-55(48)54/h6-7,9,11,13-19,21-24,26-30,32-33,35-37,57H,3,8,10,12,20,25,31,34H2,1-2,4-5H3/b15-6-,16-13-,24-21-,35-14-,40-7+,42-33+. The van der Waals surface area contributed by atoms with Gasteiger partial charge in [-0.05, 0) is 139 Å². The van der Waals surface area contributed by atoms with E-state index < -0.39 is 0 Å². The molecule has 0 saturated carbocycles. The van der Waals surface area contributed by atoms with Crippen molar-refractivity contribution in [1.82, 2.24) is 0 Å². The molecule has 1 aromatic heterocycles. The first-order valence-electron chi connectivity index (χ1n) is 21.4. The van der Waals surface area contributed by atoms with Gasteiger partial charge in [-0.25, -0.2) is 0 Å². The van der Waals surface area contributed by atoms with Crippen LogP contribution in [0.3, 0.4) is 0 Å². The molecule has 3 nitrogen and oxygen atoms in total. The average molecular weight is 771 g/mol. The lowest BCUT2D eigenvalue weighted by Gasteiger charge is -2.27. The molecule has 0 fully saturated rings. The lowest BCUT2D eigenvalue weighted by molar-refractivity contribution is 0.545. The lowest BCUT2D eigenvalue weighted by Crippen LogP contribution is -2.18. The number of hydrogen-bond donors (Lipinski definition) is 1. The number of anilines is 3. The van der Waals surface area contributed by atoms with E-state index >= 15 is 0 Å². The molecule has 4 aromatic rings. The van der Waals surface area contributed by atoms with Crippen LogP contribution in [0, 0.1) is 0 Å².